The van der Waals surface area contributed by atoms with Gasteiger partial charge in [0.15, 0.2) is 0 Å². The maximum Gasteiger partial charge on any atom is 0.331 e. The van der Waals surface area contributed by atoms with Crippen LogP contribution in [-0.2, 0) is 13.6 Å². The van der Waals surface area contributed by atoms with Crippen LogP contribution in [0.2, 0.25) is 0 Å². The van der Waals surface area contributed by atoms with Crippen LogP contribution >= 0.6 is 0 Å². The molecule has 2 rings (SSSR count). The number of nitrogens with zero attached hydrogens (tertiary/aromatic N) is 2. The van der Waals surface area contributed by atoms with Gasteiger partial charge in [0, 0.05) is 7.05 Å². The molecule has 0 aliphatic rings. The zero-order valence-corrected chi connectivity index (χ0v) is 9.18. The second kappa shape index (κ2) is 4.14. The highest BCUT2D eigenvalue weighted by Crippen LogP contribution is 2.11. The second-order valence-corrected chi connectivity index (χ2v) is 3.66. The molecule has 0 aliphatic heterocycles. The minimum Gasteiger partial charge on any atom is -0.395 e. The van der Waals surface area contributed by atoms with Crippen molar-refractivity contribution in [2.45, 2.75) is 6.54 Å². The van der Waals surface area contributed by atoms with Crippen LogP contribution in [0.3, 0.4) is 0 Å². The molecule has 0 radical (unpaired) electrons. The van der Waals surface area contributed by atoms with Gasteiger partial charge in [-0.05, 0) is 12.1 Å². The van der Waals surface area contributed by atoms with Gasteiger partial charge in [-0.1, -0.05) is 6.07 Å². The Bertz CT molecular complexity index is 687. The molecule has 2 aromatic rings. The molecule has 17 heavy (non-hydrogen) atoms. The van der Waals surface area contributed by atoms with E-state index in [9.17, 15) is 14.0 Å². The van der Waals surface area contributed by atoms with E-state index in [0.717, 1.165) is 9.13 Å². The summed E-state index contributed by atoms with van der Waals surface area (Å²) < 4.78 is 15.5. The lowest BCUT2D eigenvalue weighted by Gasteiger charge is -2.09. The maximum absolute atomic E-state index is 13.6. The molecule has 0 fully saturated rings. The molecule has 0 saturated heterocycles. The van der Waals surface area contributed by atoms with Gasteiger partial charge in [-0.3, -0.25) is 13.9 Å². The quantitative estimate of drug-likeness (QED) is 0.790. The van der Waals surface area contributed by atoms with Crippen molar-refractivity contribution in [1.29, 1.82) is 0 Å². The zero-order valence-electron chi connectivity index (χ0n) is 9.18. The average Bonchev–Trinajstić information content (AvgIpc) is 2.31. The fourth-order valence-corrected chi connectivity index (χ4v) is 1.83. The Hall–Kier alpha value is -1.95. The third-order valence-electron chi connectivity index (χ3n) is 2.64. The first kappa shape index (κ1) is 11.5. The Morgan fingerprint density at radius 2 is 2.06 bits per heavy atom. The van der Waals surface area contributed by atoms with E-state index in [1.807, 2.05) is 0 Å². The third kappa shape index (κ3) is 1.66. The van der Waals surface area contributed by atoms with Crippen LogP contribution in [0.5, 0.6) is 0 Å². The van der Waals surface area contributed by atoms with Crippen molar-refractivity contribution in [2.75, 3.05) is 6.61 Å². The van der Waals surface area contributed by atoms with Crippen molar-refractivity contribution in [1.82, 2.24) is 9.13 Å². The molecule has 0 bridgehead atoms. The van der Waals surface area contributed by atoms with Crippen LogP contribution < -0.4 is 11.2 Å². The molecule has 0 atom stereocenters. The number of aromatic nitrogens is 2. The summed E-state index contributed by atoms with van der Waals surface area (Å²) in [4.78, 5) is 23.7. The van der Waals surface area contributed by atoms with E-state index < -0.39 is 17.1 Å². The number of hydrogen-bond donors (Lipinski definition) is 1. The molecule has 6 heteroatoms. The van der Waals surface area contributed by atoms with Crippen LogP contribution in [0.25, 0.3) is 10.9 Å². The average molecular weight is 238 g/mol. The van der Waals surface area contributed by atoms with Crippen molar-refractivity contribution in [3.05, 3.63) is 44.9 Å². The number of hydrogen-bond acceptors (Lipinski definition) is 3. The number of aliphatic hydroxyl groups is 1. The van der Waals surface area contributed by atoms with Crippen molar-refractivity contribution < 1.29 is 9.50 Å². The highest BCUT2D eigenvalue weighted by atomic mass is 19.1. The van der Waals surface area contributed by atoms with E-state index >= 15 is 0 Å². The summed E-state index contributed by atoms with van der Waals surface area (Å²) >= 11 is 0. The Morgan fingerprint density at radius 3 is 2.71 bits per heavy atom. The topological polar surface area (TPSA) is 64.2 Å². The highest BCUT2D eigenvalue weighted by Gasteiger charge is 2.12. The van der Waals surface area contributed by atoms with Crippen LogP contribution in [0.1, 0.15) is 0 Å². The van der Waals surface area contributed by atoms with Gasteiger partial charge >= 0.3 is 5.69 Å². The minimum atomic E-state index is -0.637. The lowest BCUT2D eigenvalue weighted by Crippen LogP contribution is -2.40. The Morgan fingerprint density at radius 1 is 1.35 bits per heavy atom. The largest absolute Gasteiger partial charge is 0.395 e. The summed E-state index contributed by atoms with van der Waals surface area (Å²) in [5.41, 5.74) is -1.24. The molecular formula is C11H11FN2O3. The summed E-state index contributed by atoms with van der Waals surface area (Å²) in [6.45, 7) is -0.423. The van der Waals surface area contributed by atoms with Gasteiger partial charge in [0.05, 0.1) is 24.1 Å². The van der Waals surface area contributed by atoms with Crippen LogP contribution in [0, 0.1) is 5.82 Å². The summed E-state index contributed by atoms with van der Waals surface area (Å²) in [6.07, 6.45) is 0. The predicted octanol–water partition coefficient (Wildman–Crippen LogP) is -0.168. The SMILES string of the molecule is Cn1c(=O)n(CCO)c(=O)c2cccc(F)c21. The summed E-state index contributed by atoms with van der Waals surface area (Å²) in [6, 6.07) is 4.05. The fraction of sp³-hybridized carbons (Fsp3) is 0.273. The van der Waals surface area contributed by atoms with Gasteiger partial charge in [-0.15, -0.1) is 0 Å². The first-order valence-electron chi connectivity index (χ1n) is 5.07. The zero-order chi connectivity index (χ0) is 12.6. The summed E-state index contributed by atoms with van der Waals surface area (Å²) in [7, 11) is 1.39. The fourth-order valence-electron chi connectivity index (χ4n) is 1.83. The van der Waals surface area contributed by atoms with Gasteiger partial charge in [0.2, 0.25) is 0 Å². The summed E-state index contributed by atoms with van der Waals surface area (Å²) in [5.74, 6) is -0.615. The number of para-hydroxylation sites is 1. The van der Waals surface area contributed by atoms with Crippen molar-refractivity contribution in [3.63, 3.8) is 0 Å². The number of fused-ring (bicyclic) bond motifs is 1. The smallest absolute Gasteiger partial charge is 0.331 e. The predicted molar refractivity (Wildman–Crippen MR) is 60.5 cm³/mol. The van der Waals surface area contributed by atoms with Gasteiger partial charge in [-0.25, -0.2) is 9.18 Å². The molecule has 1 aromatic heterocycles. The lowest BCUT2D eigenvalue weighted by atomic mass is 10.2. The second-order valence-electron chi connectivity index (χ2n) is 3.66. The number of aryl methyl sites for hydroxylation is 1. The van der Waals surface area contributed by atoms with E-state index in [-0.39, 0.29) is 24.1 Å². The molecule has 0 unspecified atom stereocenters. The Balaban J connectivity index is 3.01. The maximum atomic E-state index is 13.6. The highest BCUT2D eigenvalue weighted by molar-refractivity contribution is 5.78. The molecule has 5 nitrogen and oxygen atoms in total. The molecular weight excluding hydrogens is 227 g/mol. The van der Waals surface area contributed by atoms with E-state index in [1.54, 1.807) is 0 Å². The van der Waals surface area contributed by atoms with Crippen molar-refractivity contribution >= 4 is 10.9 Å². The van der Waals surface area contributed by atoms with E-state index in [1.165, 1.54) is 25.2 Å². The first-order chi connectivity index (χ1) is 8.07. The molecule has 1 N–H and O–H groups in total. The molecule has 90 valence electrons. The Labute approximate surface area is 95.3 Å². The van der Waals surface area contributed by atoms with Crippen LogP contribution in [0.4, 0.5) is 4.39 Å². The summed E-state index contributed by atoms with van der Waals surface area (Å²) in [5, 5.41) is 8.93. The number of benzene rings is 1. The third-order valence-corrected chi connectivity index (χ3v) is 2.64. The normalized spacial score (nSPS) is 11.0. The minimum absolute atomic E-state index is 0.0170. The van der Waals surface area contributed by atoms with Crippen LogP contribution in [0.15, 0.2) is 27.8 Å². The van der Waals surface area contributed by atoms with Gasteiger partial charge in [-0.2, -0.15) is 0 Å². The Kier molecular flexibility index (Phi) is 2.81. The van der Waals surface area contributed by atoms with Gasteiger partial charge in [0.1, 0.15) is 5.82 Å². The number of halogens is 1. The van der Waals surface area contributed by atoms with E-state index in [2.05, 4.69) is 0 Å². The van der Waals surface area contributed by atoms with Crippen molar-refractivity contribution in [3.8, 4) is 0 Å². The van der Waals surface area contributed by atoms with Crippen LogP contribution in [-0.4, -0.2) is 20.8 Å². The van der Waals surface area contributed by atoms with Crippen molar-refractivity contribution in [2.24, 2.45) is 7.05 Å². The number of rotatable bonds is 2. The van der Waals surface area contributed by atoms with E-state index in [4.69, 9.17) is 5.11 Å². The molecule has 1 aromatic carbocycles. The van der Waals surface area contributed by atoms with E-state index in [0.29, 0.717) is 0 Å². The van der Waals surface area contributed by atoms with Gasteiger partial charge < -0.3 is 5.11 Å². The first-order valence-corrected chi connectivity index (χ1v) is 5.07. The molecule has 0 saturated carbocycles. The lowest BCUT2D eigenvalue weighted by molar-refractivity contribution is 0.271. The number of aliphatic hydroxyl groups excluding tert-OH is 1. The van der Waals surface area contributed by atoms with Gasteiger partial charge in [0.25, 0.3) is 5.56 Å². The molecule has 0 spiro atoms. The molecule has 0 aliphatic carbocycles. The standard InChI is InChI=1S/C11H11FN2O3/c1-13-9-7(3-2-4-8(9)12)10(16)14(5-6-15)11(13)17/h2-4,15H,5-6H2,1H3. The molecule has 1 heterocycles. The monoisotopic (exact) mass is 238 g/mol. The molecule has 0 amide bonds.